The molecule has 0 aliphatic rings. The van der Waals surface area contributed by atoms with Gasteiger partial charge in [-0.25, -0.2) is 4.79 Å². The van der Waals surface area contributed by atoms with Crippen LogP contribution in [-0.4, -0.2) is 32.8 Å². The van der Waals surface area contributed by atoms with E-state index in [1.54, 1.807) is 14.0 Å². The number of terminal acetylenes is 1. The third kappa shape index (κ3) is 3.87. The zero-order valence-electron chi connectivity index (χ0n) is 11.1. The van der Waals surface area contributed by atoms with Gasteiger partial charge in [0, 0.05) is 25.1 Å². The van der Waals surface area contributed by atoms with Gasteiger partial charge in [-0.3, -0.25) is 9.48 Å². The van der Waals surface area contributed by atoms with E-state index in [1.807, 2.05) is 0 Å². The van der Waals surface area contributed by atoms with Crippen LogP contribution in [0.1, 0.15) is 17.7 Å². The molecule has 0 spiro atoms. The molecule has 0 aliphatic heterocycles. The third-order valence-electron chi connectivity index (χ3n) is 2.53. The summed E-state index contributed by atoms with van der Waals surface area (Å²) in [6.45, 7) is 1.75. The molecule has 1 heterocycles. The predicted molar refractivity (Wildman–Crippen MR) is 75.0 cm³/mol. The van der Waals surface area contributed by atoms with E-state index in [0.29, 0.717) is 16.4 Å². The number of nitrogens with zero attached hydrogens (tertiary/aromatic N) is 2. The number of carboxylic acids is 1. The lowest BCUT2D eigenvalue weighted by Crippen LogP contribution is -2.39. The van der Waals surface area contributed by atoms with Gasteiger partial charge in [-0.05, 0) is 13.0 Å². The van der Waals surface area contributed by atoms with E-state index < -0.39 is 17.9 Å². The average Bonchev–Trinajstić information content (AvgIpc) is 2.60. The number of aromatic nitrogens is 2. The maximum Gasteiger partial charge on any atom is 0.327 e. The summed E-state index contributed by atoms with van der Waals surface area (Å²) >= 11 is 6.00. The first-order valence-corrected chi connectivity index (χ1v) is 6.08. The monoisotopic (exact) mass is 295 g/mol. The molecule has 1 aromatic heterocycles. The van der Waals surface area contributed by atoms with E-state index in [-0.39, 0.29) is 6.42 Å². The van der Waals surface area contributed by atoms with Gasteiger partial charge in [0.05, 0.1) is 5.69 Å². The highest BCUT2D eigenvalue weighted by molar-refractivity contribution is 6.31. The summed E-state index contributed by atoms with van der Waals surface area (Å²) in [6, 6.07) is -1.11. The summed E-state index contributed by atoms with van der Waals surface area (Å²) in [4.78, 5) is 22.5. The number of aryl methyl sites for hydroxylation is 2. The summed E-state index contributed by atoms with van der Waals surface area (Å²) in [7, 11) is 1.68. The quantitative estimate of drug-likeness (QED) is 0.627. The number of aliphatic carboxylic acids is 1. The van der Waals surface area contributed by atoms with Crippen molar-refractivity contribution in [2.75, 3.05) is 0 Å². The van der Waals surface area contributed by atoms with Crippen LogP contribution in [0, 0.1) is 19.3 Å². The SMILES string of the molecule is C#CCC(NC(=O)/C=C/c1c(C)nn(C)c1Cl)C(=O)O. The van der Waals surface area contributed by atoms with Gasteiger partial charge in [-0.15, -0.1) is 12.3 Å². The normalized spacial score (nSPS) is 12.1. The van der Waals surface area contributed by atoms with Crippen molar-refractivity contribution in [3.8, 4) is 12.3 Å². The van der Waals surface area contributed by atoms with Crippen LogP contribution < -0.4 is 5.32 Å². The smallest absolute Gasteiger partial charge is 0.327 e. The van der Waals surface area contributed by atoms with E-state index in [4.69, 9.17) is 23.1 Å². The number of carbonyl (C=O) groups excluding carboxylic acids is 1. The van der Waals surface area contributed by atoms with Crippen LogP contribution in [-0.2, 0) is 16.6 Å². The Hall–Kier alpha value is -2.26. The second kappa shape index (κ2) is 6.78. The van der Waals surface area contributed by atoms with E-state index in [9.17, 15) is 9.59 Å². The molecule has 0 aliphatic carbocycles. The number of amides is 1. The molecule has 1 rings (SSSR count). The summed E-state index contributed by atoms with van der Waals surface area (Å²) in [5.74, 6) is 0.452. The molecule has 0 aromatic carbocycles. The Kier molecular flexibility index (Phi) is 5.35. The van der Waals surface area contributed by atoms with Gasteiger partial charge in [0.15, 0.2) is 0 Å². The van der Waals surface area contributed by atoms with Crippen LogP contribution in [0.2, 0.25) is 5.15 Å². The van der Waals surface area contributed by atoms with Crippen molar-refractivity contribution >= 4 is 29.6 Å². The Morgan fingerprint density at radius 1 is 1.65 bits per heavy atom. The topological polar surface area (TPSA) is 84.2 Å². The Morgan fingerprint density at radius 3 is 2.75 bits per heavy atom. The summed E-state index contributed by atoms with van der Waals surface area (Å²) < 4.78 is 1.48. The van der Waals surface area contributed by atoms with Crippen molar-refractivity contribution < 1.29 is 14.7 Å². The van der Waals surface area contributed by atoms with Crippen molar-refractivity contribution in [2.45, 2.75) is 19.4 Å². The largest absolute Gasteiger partial charge is 0.480 e. The number of halogens is 1. The standard InChI is InChI=1S/C13H14ClN3O3/c1-4-5-10(13(19)20)15-11(18)7-6-9-8(2)16-17(3)12(9)14/h1,6-7,10H,5H2,2-3H3,(H,15,18)(H,19,20)/b7-6+. The van der Waals surface area contributed by atoms with Gasteiger partial charge >= 0.3 is 5.97 Å². The molecule has 1 unspecified atom stereocenters. The molecule has 1 atom stereocenters. The first-order valence-electron chi connectivity index (χ1n) is 5.70. The highest BCUT2D eigenvalue weighted by Crippen LogP contribution is 2.19. The number of carbonyl (C=O) groups is 2. The van der Waals surface area contributed by atoms with Gasteiger partial charge in [-0.2, -0.15) is 5.10 Å². The molecule has 106 valence electrons. The molecule has 0 fully saturated rings. The fourth-order valence-corrected chi connectivity index (χ4v) is 1.77. The van der Waals surface area contributed by atoms with E-state index >= 15 is 0 Å². The van der Waals surface area contributed by atoms with Crippen molar-refractivity contribution in [2.24, 2.45) is 7.05 Å². The van der Waals surface area contributed by atoms with Gasteiger partial charge < -0.3 is 10.4 Å². The molecule has 6 nitrogen and oxygen atoms in total. The van der Waals surface area contributed by atoms with Gasteiger partial charge in [0.2, 0.25) is 5.91 Å². The maximum absolute atomic E-state index is 11.6. The Morgan fingerprint density at radius 2 is 2.30 bits per heavy atom. The van der Waals surface area contributed by atoms with E-state index in [2.05, 4.69) is 16.3 Å². The van der Waals surface area contributed by atoms with Crippen molar-refractivity contribution in [3.05, 3.63) is 22.5 Å². The average molecular weight is 296 g/mol. The van der Waals surface area contributed by atoms with E-state index in [0.717, 1.165) is 0 Å². The fourth-order valence-electron chi connectivity index (χ4n) is 1.53. The Labute approximate surface area is 121 Å². The number of hydrogen-bond donors (Lipinski definition) is 2. The van der Waals surface area contributed by atoms with E-state index in [1.165, 1.54) is 16.8 Å². The third-order valence-corrected chi connectivity index (χ3v) is 2.98. The van der Waals surface area contributed by atoms with Gasteiger partial charge in [-0.1, -0.05) is 11.6 Å². The summed E-state index contributed by atoms with van der Waals surface area (Å²) in [6.07, 6.45) is 7.64. The number of carboxylic acid groups (broad SMARTS) is 1. The molecule has 0 saturated heterocycles. The minimum atomic E-state index is -1.18. The fraction of sp³-hybridized carbons (Fsp3) is 0.308. The molecule has 1 amide bonds. The molecule has 0 bridgehead atoms. The lowest BCUT2D eigenvalue weighted by molar-refractivity contribution is -0.141. The molecule has 1 aromatic rings. The minimum absolute atomic E-state index is 0.0818. The molecule has 2 N–H and O–H groups in total. The van der Waals surface area contributed by atoms with Gasteiger partial charge in [0.1, 0.15) is 11.2 Å². The van der Waals surface area contributed by atoms with Crippen LogP contribution in [0.25, 0.3) is 6.08 Å². The molecule has 7 heteroatoms. The number of hydrogen-bond acceptors (Lipinski definition) is 3. The van der Waals surface area contributed by atoms with Crippen LogP contribution in [0.4, 0.5) is 0 Å². The molecule has 0 saturated carbocycles. The van der Waals surface area contributed by atoms with Crippen molar-refractivity contribution in [1.82, 2.24) is 15.1 Å². The molecular formula is C13H14ClN3O3. The van der Waals surface area contributed by atoms with Gasteiger partial charge in [0.25, 0.3) is 0 Å². The summed E-state index contributed by atoms with van der Waals surface area (Å²) in [5.41, 5.74) is 1.27. The van der Waals surface area contributed by atoms with Crippen molar-refractivity contribution in [3.63, 3.8) is 0 Å². The zero-order valence-corrected chi connectivity index (χ0v) is 11.8. The second-order valence-corrected chi connectivity index (χ2v) is 4.41. The summed E-state index contributed by atoms with van der Waals surface area (Å²) in [5, 5.41) is 15.6. The minimum Gasteiger partial charge on any atom is -0.480 e. The highest BCUT2D eigenvalue weighted by atomic mass is 35.5. The van der Waals surface area contributed by atoms with Crippen LogP contribution in [0.3, 0.4) is 0 Å². The lowest BCUT2D eigenvalue weighted by Gasteiger charge is -2.09. The lowest BCUT2D eigenvalue weighted by atomic mass is 10.2. The first-order chi connectivity index (χ1) is 9.36. The molecule has 0 radical (unpaired) electrons. The van der Waals surface area contributed by atoms with Crippen LogP contribution in [0.5, 0.6) is 0 Å². The molecular weight excluding hydrogens is 282 g/mol. The predicted octanol–water partition coefficient (Wildman–Crippen LogP) is 0.988. The first kappa shape index (κ1) is 15.8. The number of nitrogens with one attached hydrogen (secondary N) is 1. The van der Waals surface area contributed by atoms with Crippen LogP contribution >= 0.6 is 11.6 Å². The Bertz CT molecular complexity index is 599. The highest BCUT2D eigenvalue weighted by Gasteiger charge is 2.17. The van der Waals surface area contributed by atoms with Crippen molar-refractivity contribution in [1.29, 1.82) is 0 Å². The number of rotatable bonds is 5. The Balaban J connectivity index is 2.78. The van der Waals surface area contributed by atoms with Crippen LogP contribution in [0.15, 0.2) is 6.08 Å². The zero-order chi connectivity index (χ0) is 15.3. The molecule has 20 heavy (non-hydrogen) atoms. The second-order valence-electron chi connectivity index (χ2n) is 4.05. The maximum atomic E-state index is 11.6.